The third-order valence-corrected chi connectivity index (χ3v) is 4.97. The van der Waals surface area contributed by atoms with Gasteiger partial charge < -0.3 is 0 Å². The van der Waals surface area contributed by atoms with Gasteiger partial charge in [0, 0.05) is 25.0 Å². The Kier molecular flexibility index (Phi) is 3.00. The van der Waals surface area contributed by atoms with Crippen molar-refractivity contribution in [3.63, 3.8) is 0 Å². The molecule has 0 spiro atoms. The Labute approximate surface area is 111 Å². The fourth-order valence-corrected chi connectivity index (χ4v) is 3.00. The Bertz CT molecular complexity index is 557. The summed E-state index contributed by atoms with van der Waals surface area (Å²) in [5, 5.41) is 0. The van der Waals surface area contributed by atoms with Gasteiger partial charge in [-0.25, -0.2) is 0 Å². The average molecular weight is 245 g/mol. The Morgan fingerprint density at radius 3 is 1.61 bits per heavy atom. The molecule has 0 N–H and O–H groups in total. The third-order valence-electron chi connectivity index (χ3n) is 4.97. The van der Waals surface area contributed by atoms with Crippen LogP contribution in [0.5, 0.6) is 0 Å². The monoisotopic (exact) mass is 245 g/mol. The standard InChI is InChI=1S/C16H25N2/c1-9-10(2)14(6)17(13(9)5)18-15(7)11(3)12(4)16(18)8/h13H,1-8H3/q+1. The molecule has 1 aliphatic heterocycles. The van der Waals surface area contributed by atoms with E-state index < -0.39 is 0 Å². The van der Waals surface area contributed by atoms with Crippen LogP contribution in [-0.4, -0.2) is 21.1 Å². The molecule has 1 aliphatic rings. The molecule has 2 heterocycles. The fourth-order valence-electron chi connectivity index (χ4n) is 3.00. The minimum absolute atomic E-state index is 0.452. The van der Waals surface area contributed by atoms with Crippen molar-refractivity contribution in [3.05, 3.63) is 33.7 Å². The van der Waals surface area contributed by atoms with Crippen molar-refractivity contribution in [2.45, 2.75) is 61.4 Å². The summed E-state index contributed by atoms with van der Waals surface area (Å²) in [4.78, 5) is 0. The lowest BCUT2D eigenvalue weighted by molar-refractivity contribution is -0.607. The Balaban J connectivity index is 2.70. The van der Waals surface area contributed by atoms with E-state index in [-0.39, 0.29) is 0 Å². The van der Waals surface area contributed by atoms with Crippen molar-refractivity contribution in [3.8, 4) is 0 Å². The molecule has 0 amide bonds. The van der Waals surface area contributed by atoms with Crippen molar-refractivity contribution >= 4 is 5.71 Å². The number of hydrogen-bond acceptors (Lipinski definition) is 0. The van der Waals surface area contributed by atoms with E-state index in [1.807, 2.05) is 0 Å². The molecule has 0 saturated carbocycles. The van der Waals surface area contributed by atoms with Gasteiger partial charge in [0.2, 0.25) is 11.8 Å². The first kappa shape index (κ1) is 13.1. The molecule has 0 radical (unpaired) electrons. The smallest absolute Gasteiger partial charge is 0.129 e. The molecule has 2 heteroatoms. The van der Waals surface area contributed by atoms with Gasteiger partial charge in [-0.15, -0.1) is 9.36 Å². The summed E-state index contributed by atoms with van der Waals surface area (Å²) in [5.74, 6) is 0. The van der Waals surface area contributed by atoms with Crippen LogP contribution in [0, 0.1) is 27.7 Å². The largest absolute Gasteiger partial charge is 0.207 e. The van der Waals surface area contributed by atoms with Crippen LogP contribution in [0.25, 0.3) is 0 Å². The minimum Gasteiger partial charge on any atom is -0.129 e. The number of hydrogen-bond donors (Lipinski definition) is 0. The molecule has 2 nitrogen and oxygen atoms in total. The third kappa shape index (κ3) is 1.51. The van der Waals surface area contributed by atoms with Crippen LogP contribution in [0.1, 0.15) is 50.2 Å². The molecule has 2 rings (SSSR count). The molecule has 0 fully saturated rings. The highest BCUT2D eigenvalue weighted by molar-refractivity contribution is 5.96. The Morgan fingerprint density at radius 2 is 1.28 bits per heavy atom. The lowest BCUT2D eigenvalue weighted by Crippen LogP contribution is -2.31. The summed E-state index contributed by atoms with van der Waals surface area (Å²) in [6, 6.07) is 0.452. The van der Waals surface area contributed by atoms with E-state index in [4.69, 9.17) is 0 Å². The molecule has 0 saturated heterocycles. The maximum atomic E-state index is 2.44. The van der Waals surface area contributed by atoms with E-state index in [1.165, 1.54) is 39.4 Å². The zero-order valence-electron chi connectivity index (χ0n) is 13.0. The first-order valence-corrected chi connectivity index (χ1v) is 6.75. The van der Waals surface area contributed by atoms with E-state index in [0.29, 0.717) is 6.04 Å². The van der Waals surface area contributed by atoms with Crippen molar-refractivity contribution in [1.82, 2.24) is 4.68 Å². The quantitative estimate of drug-likeness (QED) is 0.667. The van der Waals surface area contributed by atoms with Gasteiger partial charge in [0.05, 0.1) is 11.4 Å². The van der Waals surface area contributed by atoms with E-state index in [0.717, 1.165) is 0 Å². The second-order valence-corrected chi connectivity index (χ2v) is 5.65. The highest BCUT2D eigenvalue weighted by atomic mass is 15.5. The van der Waals surface area contributed by atoms with Crippen LogP contribution in [0.3, 0.4) is 0 Å². The second kappa shape index (κ2) is 4.11. The summed E-state index contributed by atoms with van der Waals surface area (Å²) in [6.45, 7) is 17.9. The van der Waals surface area contributed by atoms with Crippen LogP contribution < -0.4 is 0 Å². The number of aromatic nitrogens is 1. The van der Waals surface area contributed by atoms with Gasteiger partial charge >= 0.3 is 0 Å². The van der Waals surface area contributed by atoms with Crippen molar-refractivity contribution in [2.75, 3.05) is 0 Å². The average Bonchev–Trinajstić information content (AvgIpc) is 2.64. The SMILES string of the molecule is CC1=C(C)C(C)[N+](n2c(C)c(C)c(C)c2C)=C1C. The number of rotatable bonds is 1. The molecular formula is C16H25N2+. The van der Waals surface area contributed by atoms with Gasteiger partial charge in [-0.2, -0.15) is 0 Å². The molecule has 0 bridgehead atoms. The summed E-state index contributed by atoms with van der Waals surface area (Å²) in [6.07, 6.45) is 0. The van der Waals surface area contributed by atoms with Gasteiger partial charge in [0.1, 0.15) is 0 Å². The zero-order chi connectivity index (χ0) is 13.8. The van der Waals surface area contributed by atoms with Crippen LogP contribution in [0.15, 0.2) is 11.1 Å². The number of nitrogens with zero attached hydrogens (tertiary/aromatic N) is 2. The van der Waals surface area contributed by atoms with Gasteiger partial charge in [0.15, 0.2) is 0 Å². The highest BCUT2D eigenvalue weighted by Gasteiger charge is 2.35. The van der Waals surface area contributed by atoms with Crippen molar-refractivity contribution in [1.29, 1.82) is 0 Å². The van der Waals surface area contributed by atoms with Crippen LogP contribution in [0.4, 0.5) is 0 Å². The van der Waals surface area contributed by atoms with Gasteiger partial charge in [0.25, 0.3) is 0 Å². The molecule has 0 aromatic carbocycles. The first-order chi connectivity index (χ1) is 8.29. The lowest BCUT2D eigenvalue weighted by Gasteiger charge is -2.12. The Morgan fingerprint density at radius 1 is 0.833 bits per heavy atom. The highest BCUT2D eigenvalue weighted by Crippen LogP contribution is 2.26. The van der Waals surface area contributed by atoms with Crippen molar-refractivity contribution in [2.24, 2.45) is 0 Å². The summed E-state index contributed by atoms with van der Waals surface area (Å²) in [7, 11) is 0. The van der Waals surface area contributed by atoms with E-state index in [9.17, 15) is 0 Å². The molecule has 1 atom stereocenters. The van der Waals surface area contributed by atoms with Crippen molar-refractivity contribution < 1.29 is 4.68 Å². The molecule has 18 heavy (non-hydrogen) atoms. The zero-order valence-corrected chi connectivity index (χ0v) is 13.0. The molecular weight excluding hydrogens is 220 g/mol. The molecule has 0 aliphatic carbocycles. The maximum Gasteiger partial charge on any atom is 0.207 e. The normalized spacial score (nSPS) is 20.3. The topological polar surface area (TPSA) is 7.94 Å². The van der Waals surface area contributed by atoms with Crippen LogP contribution >= 0.6 is 0 Å². The van der Waals surface area contributed by atoms with E-state index in [2.05, 4.69) is 64.8 Å². The second-order valence-electron chi connectivity index (χ2n) is 5.65. The summed E-state index contributed by atoms with van der Waals surface area (Å²) >= 11 is 0. The molecule has 1 aromatic heterocycles. The molecule has 1 unspecified atom stereocenters. The summed E-state index contributed by atoms with van der Waals surface area (Å²) in [5.41, 5.74) is 9.84. The first-order valence-electron chi connectivity index (χ1n) is 6.75. The van der Waals surface area contributed by atoms with Crippen LogP contribution in [-0.2, 0) is 0 Å². The number of allylic oxidation sites excluding steroid dienone is 1. The summed E-state index contributed by atoms with van der Waals surface area (Å²) < 4.78 is 4.83. The van der Waals surface area contributed by atoms with E-state index >= 15 is 0 Å². The van der Waals surface area contributed by atoms with Gasteiger partial charge in [-0.3, -0.25) is 0 Å². The molecule has 1 aromatic rings. The lowest BCUT2D eigenvalue weighted by atomic mass is 10.1. The van der Waals surface area contributed by atoms with Gasteiger partial charge in [-0.05, 0) is 52.7 Å². The Hall–Kier alpha value is -1.31. The predicted octanol–water partition coefficient (Wildman–Crippen LogP) is 3.70. The van der Waals surface area contributed by atoms with Gasteiger partial charge in [-0.1, -0.05) is 0 Å². The predicted molar refractivity (Wildman–Crippen MR) is 77.6 cm³/mol. The molecule has 98 valence electrons. The minimum atomic E-state index is 0.452. The van der Waals surface area contributed by atoms with E-state index in [1.54, 1.807) is 0 Å². The fraction of sp³-hybridized carbons (Fsp3) is 0.562. The van der Waals surface area contributed by atoms with Crippen LogP contribution in [0.2, 0.25) is 0 Å². The maximum absolute atomic E-state index is 2.44.